The lowest BCUT2D eigenvalue weighted by Gasteiger charge is -2.15. The van der Waals surface area contributed by atoms with Crippen LogP contribution in [0.4, 0.5) is 13.9 Å². The third kappa shape index (κ3) is 4.38. The Morgan fingerprint density at radius 2 is 1.81 bits per heavy atom. The first kappa shape index (κ1) is 23.8. The van der Waals surface area contributed by atoms with Gasteiger partial charge in [0.2, 0.25) is 5.13 Å². The summed E-state index contributed by atoms with van der Waals surface area (Å²) in [6.07, 6.45) is 1.59. The minimum Gasteiger partial charge on any atom is -0.496 e. The van der Waals surface area contributed by atoms with Crippen molar-refractivity contribution in [3.8, 4) is 28.1 Å². The largest absolute Gasteiger partial charge is 0.496 e. The number of nitrogens with zero attached hydrogens (tertiary/aromatic N) is 3. The van der Waals surface area contributed by atoms with Gasteiger partial charge in [0.15, 0.2) is 11.6 Å². The number of anilines is 1. The van der Waals surface area contributed by atoms with E-state index in [4.69, 9.17) is 4.74 Å². The van der Waals surface area contributed by atoms with Gasteiger partial charge in [0.1, 0.15) is 11.3 Å². The van der Waals surface area contributed by atoms with E-state index in [-0.39, 0.29) is 10.0 Å². The van der Waals surface area contributed by atoms with Gasteiger partial charge in [0.05, 0.1) is 17.7 Å². The van der Waals surface area contributed by atoms with E-state index in [1.807, 2.05) is 13.0 Å². The molecule has 0 aliphatic heterocycles. The Balaban J connectivity index is 1.60. The molecule has 182 valence electrons. The predicted molar refractivity (Wildman–Crippen MR) is 135 cm³/mol. The Morgan fingerprint density at radius 1 is 0.972 bits per heavy atom. The summed E-state index contributed by atoms with van der Waals surface area (Å²) in [5.74, 6) is -1.37. The van der Waals surface area contributed by atoms with Crippen LogP contribution in [-0.2, 0) is 10.0 Å². The normalized spacial score (nSPS) is 11.6. The Hall–Kier alpha value is -3.96. The van der Waals surface area contributed by atoms with Gasteiger partial charge >= 0.3 is 0 Å². The monoisotopic (exact) mass is 524 g/mol. The fourth-order valence-corrected chi connectivity index (χ4v) is 5.67. The Morgan fingerprint density at radius 3 is 2.53 bits per heavy atom. The molecule has 0 unspecified atom stereocenters. The number of sulfonamides is 1. The van der Waals surface area contributed by atoms with Crippen molar-refractivity contribution in [3.63, 3.8) is 0 Å². The van der Waals surface area contributed by atoms with Crippen LogP contribution >= 0.6 is 11.3 Å². The van der Waals surface area contributed by atoms with Crippen LogP contribution in [0.3, 0.4) is 0 Å². The topological polar surface area (TPSA) is 94.1 Å². The number of aromatic nitrogens is 3. The van der Waals surface area contributed by atoms with E-state index in [9.17, 15) is 17.2 Å². The summed E-state index contributed by atoms with van der Waals surface area (Å²) in [7, 11) is -2.35. The van der Waals surface area contributed by atoms with Crippen LogP contribution in [-0.4, -0.2) is 30.7 Å². The zero-order valence-corrected chi connectivity index (χ0v) is 20.6. The highest BCUT2D eigenvalue weighted by molar-refractivity contribution is 7.93. The van der Waals surface area contributed by atoms with Gasteiger partial charge < -0.3 is 4.74 Å². The minimum absolute atomic E-state index is 0.0687. The number of hydrogen-bond donors (Lipinski definition) is 1. The van der Waals surface area contributed by atoms with Crippen molar-refractivity contribution in [1.29, 1.82) is 0 Å². The number of aryl methyl sites for hydroxylation is 1. The zero-order valence-electron chi connectivity index (χ0n) is 19.0. The smallest absolute Gasteiger partial charge is 0.263 e. The Labute approximate surface area is 209 Å². The van der Waals surface area contributed by atoms with Crippen LogP contribution < -0.4 is 9.46 Å². The van der Waals surface area contributed by atoms with Crippen LogP contribution in [0.15, 0.2) is 71.2 Å². The van der Waals surface area contributed by atoms with Crippen LogP contribution in [0.5, 0.6) is 5.75 Å². The fraction of sp³-hybridized carbons (Fsp3) is 0.0800. The molecule has 0 saturated heterocycles. The molecule has 11 heteroatoms. The lowest BCUT2D eigenvalue weighted by molar-refractivity contribution is 0.416. The summed E-state index contributed by atoms with van der Waals surface area (Å²) in [5.41, 5.74) is 4.70. The van der Waals surface area contributed by atoms with Gasteiger partial charge in [0, 0.05) is 17.1 Å². The molecule has 0 amide bonds. The summed E-state index contributed by atoms with van der Waals surface area (Å²) in [5, 5.41) is 8.91. The zero-order chi connectivity index (χ0) is 25.4. The molecule has 0 aliphatic rings. The van der Waals surface area contributed by atoms with Gasteiger partial charge in [-0.1, -0.05) is 23.5 Å². The molecule has 0 aliphatic carbocycles. The molecule has 2 heterocycles. The first-order chi connectivity index (χ1) is 17.3. The second-order valence-corrected chi connectivity index (χ2v) is 10.4. The SMILES string of the molecule is COc1cc(-c2ccc(F)c(F)c2)c(C)cc1-c1nccc2cc(S(=O)(=O)Nc3nncs3)ccc12. The first-order valence-electron chi connectivity index (χ1n) is 10.6. The highest BCUT2D eigenvalue weighted by Crippen LogP contribution is 2.39. The molecule has 0 saturated carbocycles. The molecule has 0 radical (unpaired) electrons. The number of ether oxygens (including phenoxy) is 1. The number of rotatable bonds is 6. The number of nitrogens with one attached hydrogen (secondary N) is 1. The third-order valence-electron chi connectivity index (χ3n) is 5.66. The molecule has 3 aromatic carbocycles. The van der Waals surface area contributed by atoms with E-state index in [1.165, 1.54) is 24.8 Å². The van der Waals surface area contributed by atoms with Crippen molar-refractivity contribution in [2.45, 2.75) is 11.8 Å². The number of halogens is 2. The molecule has 36 heavy (non-hydrogen) atoms. The van der Waals surface area contributed by atoms with Crippen molar-refractivity contribution in [3.05, 3.63) is 83.5 Å². The van der Waals surface area contributed by atoms with Crippen LogP contribution in [0, 0.1) is 18.6 Å². The number of pyridine rings is 1. The fourth-order valence-electron chi connectivity index (χ4n) is 3.95. The molecular weight excluding hydrogens is 506 g/mol. The maximum absolute atomic E-state index is 13.9. The van der Waals surface area contributed by atoms with Crippen molar-refractivity contribution in [2.24, 2.45) is 0 Å². The molecule has 5 rings (SSSR count). The standard InChI is InChI=1S/C25H18F2N4O3S2/c1-14-9-20(23(34-2)12-19(14)15-3-6-21(26)22(27)11-15)24-18-5-4-17(10-16(18)7-8-28-24)36(32,33)31-25-30-29-13-35-25/h3-13H,1-2H3,(H,30,31). The average molecular weight is 525 g/mol. The van der Waals surface area contributed by atoms with Gasteiger partial charge in [-0.25, -0.2) is 17.2 Å². The summed E-state index contributed by atoms with van der Waals surface area (Å²) in [6.45, 7) is 1.86. The van der Waals surface area contributed by atoms with Crippen LogP contribution in [0.25, 0.3) is 33.2 Å². The summed E-state index contributed by atoms with van der Waals surface area (Å²) in [4.78, 5) is 4.61. The lowest BCUT2D eigenvalue weighted by Crippen LogP contribution is -2.12. The summed E-state index contributed by atoms with van der Waals surface area (Å²) in [6, 6.07) is 13.8. The molecule has 5 aromatic rings. The maximum atomic E-state index is 13.9. The molecule has 1 N–H and O–H groups in total. The molecule has 2 aromatic heterocycles. The highest BCUT2D eigenvalue weighted by Gasteiger charge is 2.19. The molecular formula is C25H18F2N4O3S2. The van der Waals surface area contributed by atoms with Crippen LogP contribution in [0.1, 0.15) is 5.56 Å². The van der Waals surface area contributed by atoms with E-state index in [0.717, 1.165) is 29.0 Å². The molecule has 0 bridgehead atoms. The van der Waals surface area contributed by atoms with Gasteiger partial charge in [-0.05, 0) is 71.5 Å². The lowest BCUT2D eigenvalue weighted by atomic mass is 9.94. The van der Waals surface area contributed by atoms with E-state index in [0.29, 0.717) is 38.9 Å². The first-order valence-corrected chi connectivity index (χ1v) is 13.0. The number of fused-ring (bicyclic) bond motifs is 1. The minimum atomic E-state index is -3.86. The van der Waals surface area contributed by atoms with Crippen molar-refractivity contribution >= 4 is 37.3 Å². The second kappa shape index (κ2) is 9.25. The van der Waals surface area contributed by atoms with Gasteiger partial charge in [-0.3, -0.25) is 9.71 Å². The second-order valence-electron chi connectivity index (χ2n) is 7.89. The summed E-state index contributed by atoms with van der Waals surface area (Å²) >= 11 is 1.08. The van der Waals surface area contributed by atoms with Crippen molar-refractivity contribution < 1.29 is 21.9 Å². The van der Waals surface area contributed by atoms with E-state index >= 15 is 0 Å². The Bertz CT molecular complexity index is 1710. The molecule has 0 spiro atoms. The number of hydrogen-bond acceptors (Lipinski definition) is 7. The maximum Gasteiger partial charge on any atom is 0.263 e. The quantitative estimate of drug-likeness (QED) is 0.301. The molecule has 0 atom stereocenters. The van der Waals surface area contributed by atoms with Crippen molar-refractivity contribution in [2.75, 3.05) is 11.8 Å². The molecule has 7 nitrogen and oxygen atoms in total. The predicted octanol–water partition coefficient (Wildman–Crippen LogP) is 5.82. The van der Waals surface area contributed by atoms with Crippen molar-refractivity contribution in [1.82, 2.24) is 15.2 Å². The average Bonchev–Trinajstić information content (AvgIpc) is 3.37. The van der Waals surface area contributed by atoms with Crippen LogP contribution in [0.2, 0.25) is 0 Å². The van der Waals surface area contributed by atoms with Gasteiger partial charge in [-0.15, -0.1) is 10.2 Å². The van der Waals surface area contributed by atoms with E-state index in [1.54, 1.807) is 30.5 Å². The Kier molecular flexibility index (Phi) is 6.10. The number of methoxy groups -OCH3 is 1. The molecule has 0 fully saturated rings. The highest BCUT2D eigenvalue weighted by atomic mass is 32.2. The van der Waals surface area contributed by atoms with E-state index in [2.05, 4.69) is 19.9 Å². The number of benzene rings is 3. The summed E-state index contributed by atoms with van der Waals surface area (Å²) < 4.78 is 60.9. The van der Waals surface area contributed by atoms with E-state index < -0.39 is 21.7 Å². The van der Waals surface area contributed by atoms with Gasteiger partial charge in [-0.2, -0.15) is 0 Å². The van der Waals surface area contributed by atoms with Gasteiger partial charge in [0.25, 0.3) is 10.0 Å². The third-order valence-corrected chi connectivity index (χ3v) is 7.73.